The number of rotatable bonds is 9. The van der Waals surface area contributed by atoms with Crippen LogP contribution in [0.4, 0.5) is 0 Å². The SMILES string of the molecule is CCCN(CC)CCNC(=NC)NCCc1cccs1. The van der Waals surface area contributed by atoms with Gasteiger partial charge in [0.05, 0.1) is 0 Å². The molecule has 1 heterocycles. The van der Waals surface area contributed by atoms with E-state index in [9.17, 15) is 0 Å². The molecule has 0 saturated carbocycles. The summed E-state index contributed by atoms with van der Waals surface area (Å²) < 4.78 is 0. The summed E-state index contributed by atoms with van der Waals surface area (Å²) in [6.45, 7) is 9.64. The van der Waals surface area contributed by atoms with Crippen molar-refractivity contribution in [2.24, 2.45) is 4.99 Å². The Kier molecular flexibility index (Phi) is 9.07. The van der Waals surface area contributed by atoms with Crippen LogP contribution in [-0.4, -0.2) is 50.6 Å². The molecule has 0 radical (unpaired) electrons. The zero-order valence-electron chi connectivity index (χ0n) is 13.0. The highest BCUT2D eigenvalue weighted by atomic mass is 32.1. The Morgan fingerprint density at radius 1 is 1.25 bits per heavy atom. The van der Waals surface area contributed by atoms with Crippen LogP contribution >= 0.6 is 11.3 Å². The van der Waals surface area contributed by atoms with Crippen molar-refractivity contribution >= 4 is 17.3 Å². The van der Waals surface area contributed by atoms with Gasteiger partial charge in [-0.2, -0.15) is 0 Å². The fourth-order valence-corrected chi connectivity index (χ4v) is 2.77. The van der Waals surface area contributed by atoms with Crippen LogP contribution in [0, 0.1) is 0 Å². The van der Waals surface area contributed by atoms with Gasteiger partial charge >= 0.3 is 0 Å². The third-order valence-corrected chi connectivity index (χ3v) is 4.11. The smallest absolute Gasteiger partial charge is 0.191 e. The van der Waals surface area contributed by atoms with E-state index in [1.807, 2.05) is 7.05 Å². The van der Waals surface area contributed by atoms with Gasteiger partial charge in [0.2, 0.25) is 0 Å². The first kappa shape index (κ1) is 17.0. The van der Waals surface area contributed by atoms with Crippen molar-refractivity contribution in [3.8, 4) is 0 Å². The summed E-state index contributed by atoms with van der Waals surface area (Å²) in [7, 11) is 1.82. The molecule has 1 rings (SSSR count). The number of aliphatic imine (C=N–C) groups is 1. The van der Waals surface area contributed by atoms with Crippen molar-refractivity contribution in [2.45, 2.75) is 26.7 Å². The van der Waals surface area contributed by atoms with E-state index in [1.165, 1.54) is 17.8 Å². The monoisotopic (exact) mass is 296 g/mol. The molecule has 0 unspecified atom stereocenters. The first-order chi connectivity index (χ1) is 9.80. The van der Waals surface area contributed by atoms with Crippen LogP contribution in [0.5, 0.6) is 0 Å². The number of likely N-dealkylation sites (N-methyl/N-ethyl adjacent to an activating group) is 1. The first-order valence-electron chi connectivity index (χ1n) is 7.49. The van der Waals surface area contributed by atoms with Crippen molar-refractivity contribution in [1.29, 1.82) is 0 Å². The molecular weight excluding hydrogens is 268 g/mol. The molecule has 0 amide bonds. The number of nitrogens with one attached hydrogen (secondary N) is 2. The van der Waals surface area contributed by atoms with Crippen molar-refractivity contribution in [3.63, 3.8) is 0 Å². The Morgan fingerprint density at radius 3 is 2.65 bits per heavy atom. The quantitative estimate of drug-likeness (QED) is 0.542. The lowest BCUT2D eigenvalue weighted by Gasteiger charge is -2.20. The highest BCUT2D eigenvalue weighted by molar-refractivity contribution is 7.09. The van der Waals surface area contributed by atoms with E-state index in [-0.39, 0.29) is 0 Å². The zero-order valence-corrected chi connectivity index (χ0v) is 13.8. The van der Waals surface area contributed by atoms with Crippen LogP contribution in [0.25, 0.3) is 0 Å². The molecule has 0 atom stereocenters. The van der Waals surface area contributed by atoms with Crippen LogP contribution < -0.4 is 10.6 Å². The normalized spacial score (nSPS) is 11.9. The van der Waals surface area contributed by atoms with Gasteiger partial charge in [-0.15, -0.1) is 11.3 Å². The standard InChI is InChI=1S/C15H28N4S/c1-4-11-19(5-2)12-10-18-15(16-3)17-9-8-14-7-6-13-20-14/h6-7,13H,4-5,8-12H2,1-3H3,(H2,16,17,18). The summed E-state index contributed by atoms with van der Waals surface area (Å²) in [5.41, 5.74) is 0. The minimum absolute atomic E-state index is 0.897. The van der Waals surface area contributed by atoms with E-state index < -0.39 is 0 Å². The lowest BCUT2D eigenvalue weighted by Crippen LogP contribution is -2.42. The highest BCUT2D eigenvalue weighted by Crippen LogP contribution is 2.07. The minimum atomic E-state index is 0.897. The molecule has 0 fully saturated rings. The molecule has 5 heteroatoms. The molecule has 2 N–H and O–H groups in total. The number of thiophene rings is 1. The maximum absolute atomic E-state index is 4.25. The number of nitrogens with zero attached hydrogens (tertiary/aromatic N) is 2. The predicted molar refractivity (Wildman–Crippen MR) is 89.8 cm³/mol. The molecule has 0 aromatic carbocycles. The van der Waals surface area contributed by atoms with Gasteiger partial charge in [-0.3, -0.25) is 4.99 Å². The van der Waals surface area contributed by atoms with Crippen LogP contribution in [0.1, 0.15) is 25.1 Å². The molecule has 0 aliphatic carbocycles. The largest absolute Gasteiger partial charge is 0.356 e. The number of hydrogen-bond acceptors (Lipinski definition) is 3. The van der Waals surface area contributed by atoms with E-state index >= 15 is 0 Å². The Hall–Kier alpha value is -1.07. The third-order valence-electron chi connectivity index (χ3n) is 3.18. The second-order valence-electron chi connectivity index (χ2n) is 4.69. The zero-order chi connectivity index (χ0) is 14.6. The fraction of sp³-hybridized carbons (Fsp3) is 0.667. The molecule has 1 aromatic rings. The van der Waals surface area contributed by atoms with Crippen molar-refractivity contribution in [3.05, 3.63) is 22.4 Å². The lowest BCUT2D eigenvalue weighted by atomic mass is 10.3. The molecule has 0 spiro atoms. The van der Waals surface area contributed by atoms with Crippen LogP contribution in [0.2, 0.25) is 0 Å². The molecule has 0 aliphatic rings. The number of guanidine groups is 1. The first-order valence-corrected chi connectivity index (χ1v) is 8.37. The topological polar surface area (TPSA) is 39.7 Å². The lowest BCUT2D eigenvalue weighted by molar-refractivity contribution is 0.293. The molecule has 0 bridgehead atoms. The maximum atomic E-state index is 4.25. The van der Waals surface area contributed by atoms with Crippen LogP contribution in [-0.2, 0) is 6.42 Å². The average molecular weight is 296 g/mol. The van der Waals surface area contributed by atoms with Gasteiger partial charge in [-0.25, -0.2) is 0 Å². The second-order valence-corrected chi connectivity index (χ2v) is 5.72. The van der Waals surface area contributed by atoms with E-state index in [4.69, 9.17) is 0 Å². The maximum Gasteiger partial charge on any atom is 0.191 e. The van der Waals surface area contributed by atoms with Gasteiger partial charge in [-0.1, -0.05) is 19.9 Å². The van der Waals surface area contributed by atoms with Gasteiger partial charge in [0.25, 0.3) is 0 Å². The third kappa shape index (κ3) is 6.91. The molecule has 114 valence electrons. The van der Waals surface area contributed by atoms with E-state index in [2.05, 4.69) is 51.9 Å². The molecule has 4 nitrogen and oxygen atoms in total. The Bertz CT molecular complexity index is 362. The van der Waals surface area contributed by atoms with Crippen LogP contribution in [0.3, 0.4) is 0 Å². The van der Waals surface area contributed by atoms with Gasteiger partial charge < -0.3 is 15.5 Å². The Balaban J connectivity index is 2.16. The summed E-state index contributed by atoms with van der Waals surface area (Å²) in [6, 6.07) is 4.27. The molecule has 1 aromatic heterocycles. The summed E-state index contributed by atoms with van der Waals surface area (Å²) in [5.74, 6) is 0.897. The minimum Gasteiger partial charge on any atom is -0.356 e. The van der Waals surface area contributed by atoms with Crippen LogP contribution in [0.15, 0.2) is 22.5 Å². The van der Waals surface area contributed by atoms with E-state index in [0.717, 1.165) is 38.6 Å². The van der Waals surface area contributed by atoms with Gasteiger partial charge in [0.15, 0.2) is 5.96 Å². The summed E-state index contributed by atoms with van der Waals surface area (Å²) in [4.78, 5) is 8.12. The molecule has 0 aliphatic heterocycles. The van der Waals surface area contributed by atoms with Crippen molar-refractivity contribution in [1.82, 2.24) is 15.5 Å². The van der Waals surface area contributed by atoms with E-state index in [1.54, 1.807) is 11.3 Å². The molecule has 0 saturated heterocycles. The molecule has 20 heavy (non-hydrogen) atoms. The molecular formula is C15H28N4S. The fourth-order valence-electron chi connectivity index (χ4n) is 2.06. The Labute approximate surface area is 127 Å². The van der Waals surface area contributed by atoms with Gasteiger partial charge in [-0.05, 0) is 37.4 Å². The van der Waals surface area contributed by atoms with Crippen molar-refractivity contribution in [2.75, 3.05) is 39.8 Å². The predicted octanol–water partition coefficient (Wildman–Crippen LogP) is 2.19. The van der Waals surface area contributed by atoms with Crippen molar-refractivity contribution < 1.29 is 0 Å². The average Bonchev–Trinajstić information content (AvgIpc) is 2.97. The van der Waals surface area contributed by atoms with Gasteiger partial charge in [0, 0.05) is 31.6 Å². The van der Waals surface area contributed by atoms with Gasteiger partial charge in [0.1, 0.15) is 0 Å². The van der Waals surface area contributed by atoms with E-state index in [0.29, 0.717) is 0 Å². The second kappa shape index (κ2) is 10.7. The summed E-state index contributed by atoms with van der Waals surface area (Å²) >= 11 is 1.81. The Morgan fingerprint density at radius 2 is 2.05 bits per heavy atom. The number of hydrogen-bond donors (Lipinski definition) is 2. The summed E-state index contributed by atoms with van der Waals surface area (Å²) in [5, 5.41) is 8.85. The summed E-state index contributed by atoms with van der Waals surface area (Å²) in [6.07, 6.45) is 2.26. The highest BCUT2D eigenvalue weighted by Gasteiger charge is 2.02.